The Bertz CT molecular complexity index is 1020. The summed E-state index contributed by atoms with van der Waals surface area (Å²) in [5.74, 6) is -0.677. The maximum Gasteiger partial charge on any atom is 0.259 e. The van der Waals surface area contributed by atoms with E-state index < -0.39 is 0 Å². The molecule has 2 amide bonds. The standard InChI is InChI=1S/C22H24N4O2/c1-15(2)26-14-18(19-6-4-5-7-20(19)26)12-24-25-21(27)13-23-22(28)17-10-8-16(3)9-11-17/h4-12,14-15H,13H2,1-3H3,(H,23,28)(H,25,27)/b24-12-. The topological polar surface area (TPSA) is 75.5 Å². The van der Waals surface area contributed by atoms with Gasteiger partial charge in [-0.1, -0.05) is 35.9 Å². The molecule has 0 radical (unpaired) electrons. The number of carbonyl (C=O) groups excluding carboxylic acids is 2. The Hall–Kier alpha value is -3.41. The largest absolute Gasteiger partial charge is 0.344 e. The summed E-state index contributed by atoms with van der Waals surface area (Å²) in [4.78, 5) is 24.0. The van der Waals surface area contributed by atoms with E-state index in [-0.39, 0.29) is 18.4 Å². The van der Waals surface area contributed by atoms with Crippen LogP contribution in [0.1, 0.15) is 41.4 Å². The van der Waals surface area contributed by atoms with Crippen LogP contribution in [-0.2, 0) is 4.79 Å². The summed E-state index contributed by atoms with van der Waals surface area (Å²) < 4.78 is 2.17. The van der Waals surface area contributed by atoms with E-state index in [1.165, 1.54) is 0 Å². The number of hydrazone groups is 1. The SMILES string of the molecule is Cc1ccc(C(=O)NCC(=O)N/N=C\c2cn(C(C)C)c3ccccc23)cc1. The van der Waals surface area contributed by atoms with E-state index in [1.54, 1.807) is 18.3 Å². The van der Waals surface area contributed by atoms with Crippen LogP contribution in [0.4, 0.5) is 0 Å². The van der Waals surface area contributed by atoms with Crippen molar-refractivity contribution in [3.05, 3.63) is 71.4 Å². The summed E-state index contributed by atoms with van der Waals surface area (Å²) in [5, 5.41) is 7.70. The predicted molar refractivity (Wildman–Crippen MR) is 112 cm³/mol. The maximum atomic E-state index is 12.0. The van der Waals surface area contributed by atoms with Crippen LogP contribution in [0.5, 0.6) is 0 Å². The van der Waals surface area contributed by atoms with Gasteiger partial charge in [0.2, 0.25) is 0 Å². The highest BCUT2D eigenvalue weighted by Gasteiger charge is 2.09. The number of benzene rings is 2. The summed E-state index contributed by atoms with van der Waals surface area (Å²) >= 11 is 0. The fourth-order valence-electron chi connectivity index (χ4n) is 2.94. The van der Waals surface area contributed by atoms with E-state index in [0.29, 0.717) is 11.6 Å². The third-order valence-corrected chi connectivity index (χ3v) is 4.44. The van der Waals surface area contributed by atoms with Crippen LogP contribution in [0.15, 0.2) is 59.8 Å². The highest BCUT2D eigenvalue weighted by molar-refractivity contribution is 6.00. The Morgan fingerprint density at radius 3 is 2.54 bits per heavy atom. The third kappa shape index (κ3) is 4.46. The normalized spacial score (nSPS) is 11.3. The molecule has 0 bridgehead atoms. The lowest BCUT2D eigenvalue weighted by atomic mass is 10.1. The first-order valence-corrected chi connectivity index (χ1v) is 9.22. The molecule has 0 spiro atoms. The van der Waals surface area contributed by atoms with Crippen molar-refractivity contribution >= 4 is 28.9 Å². The summed E-state index contributed by atoms with van der Waals surface area (Å²) in [6.45, 7) is 6.04. The third-order valence-electron chi connectivity index (χ3n) is 4.44. The summed E-state index contributed by atoms with van der Waals surface area (Å²) in [6.07, 6.45) is 3.64. The number of carbonyl (C=O) groups is 2. The zero-order valence-corrected chi connectivity index (χ0v) is 16.3. The molecule has 1 heterocycles. The number of nitrogens with zero attached hydrogens (tertiary/aromatic N) is 2. The minimum Gasteiger partial charge on any atom is -0.344 e. The number of fused-ring (bicyclic) bond motifs is 1. The molecule has 0 aliphatic rings. The molecule has 1 aromatic heterocycles. The molecule has 0 unspecified atom stereocenters. The molecule has 144 valence electrons. The highest BCUT2D eigenvalue weighted by Crippen LogP contribution is 2.23. The molecule has 0 aliphatic carbocycles. The second-order valence-corrected chi connectivity index (χ2v) is 6.94. The van der Waals surface area contributed by atoms with E-state index in [1.807, 2.05) is 43.5 Å². The van der Waals surface area contributed by atoms with Gasteiger partial charge in [0.15, 0.2) is 0 Å². The van der Waals surface area contributed by atoms with Crippen LogP contribution < -0.4 is 10.7 Å². The highest BCUT2D eigenvalue weighted by atomic mass is 16.2. The number of amides is 2. The lowest BCUT2D eigenvalue weighted by Crippen LogP contribution is -2.34. The smallest absolute Gasteiger partial charge is 0.259 e. The Morgan fingerprint density at radius 2 is 1.82 bits per heavy atom. The number of nitrogens with one attached hydrogen (secondary N) is 2. The van der Waals surface area contributed by atoms with E-state index in [4.69, 9.17) is 0 Å². The lowest BCUT2D eigenvalue weighted by Gasteiger charge is -2.08. The fourth-order valence-corrected chi connectivity index (χ4v) is 2.94. The molecule has 6 nitrogen and oxygen atoms in total. The first-order chi connectivity index (χ1) is 13.5. The first-order valence-electron chi connectivity index (χ1n) is 9.22. The number of aryl methyl sites for hydroxylation is 1. The Labute approximate surface area is 164 Å². The average Bonchev–Trinajstić information content (AvgIpc) is 3.06. The van der Waals surface area contributed by atoms with Gasteiger partial charge in [-0.05, 0) is 39.0 Å². The second-order valence-electron chi connectivity index (χ2n) is 6.94. The Kier molecular flexibility index (Phi) is 5.89. The summed E-state index contributed by atoms with van der Waals surface area (Å²) in [6, 6.07) is 15.5. The zero-order chi connectivity index (χ0) is 20.1. The van der Waals surface area contributed by atoms with Crippen molar-refractivity contribution in [2.45, 2.75) is 26.8 Å². The molecule has 2 N–H and O–H groups in total. The first kappa shape index (κ1) is 19.4. The van der Waals surface area contributed by atoms with Crippen LogP contribution in [-0.4, -0.2) is 29.1 Å². The fraction of sp³-hybridized carbons (Fsp3) is 0.227. The number of hydrogen-bond donors (Lipinski definition) is 2. The van der Waals surface area contributed by atoms with Crippen LogP contribution in [0.2, 0.25) is 0 Å². The van der Waals surface area contributed by atoms with E-state index in [2.05, 4.69) is 40.3 Å². The Morgan fingerprint density at radius 1 is 1.11 bits per heavy atom. The number of aromatic nitrogens is 1. The van der Waals surface area contributed by atoms with Gasteiger partial charge in [0.1, 0.15) is 0 Å². The molecule has 6 heteroatoms. The molecule has 0 saturated heterocycles. The van der Waals surface area contributed by atoms with E-state index in [9.17, 15) is 9.59 Å². The van der Waals surface area contributed by atoms with Crippen molar-refractivity contribution in [2.75, 3.05) is 6.54 Å². The number of rotatable bonds is 6. The van der Waals surface area contributed by atoms with Gasteiger partial charge in [-0.25, -0.2) is 5.43 Å². The van der Waals surface area contributed by atoms with Gasteiger partial charge in [0.25, 0.3) is 11.8 Å². The molecule has 2 aromatic carbocycles. The van der Waals surface area contributed by atoms with Crippen molar-refractivity contribution in [1.29, 1.82) is 0 Å². The van der Waals surface area contributed by atoms with Crippen LogP contribution >= 0.6 is 0 Å². The van der Waals surface area contributed by atoms with Gasteiger partial charge in [0, 0.05) is 34.3 Å². The van der Waals surface area contributed by atoms with Crippen molar-refractivity contribution in [3.63, 3.8) is 0 Å². The van der Waals surface area contributed by atoms with Gasteiger partial charge in [-0.15, -0.1) is 0 Å². The summed E-state index contributed by atoms with van der Waals surface area (Å²) in [7, 11) is 0. The van der Waals surface area contributed by atoms with Crippen LogP contribution in [0.25, 0.3) is 10.9 Å². The molecule has 0 saturated carbocycles. The van der Waals surface area contributed by atoms with E-state index >= 15 is 0 Å². The van der Waals surface area contributed by atoms with E-state index in [0.717, 1.165) is 22.0 Å². The van der Waals surface area contributed by atoms with Crippen molar-refractivity contribution < 1.29 is 9.59 Å². The maximum absolute atomic E-state index is 12.0. The monoisotopic (exact) mass is 376 g/mol. The molecule has 0 fully saturated rings. The molecule has 28 heavy (non-hydrogen) atoms. The number of hydrogen-bond acceptors (Lipinski definition) is 3. The lowest BCUT2D eigenvalue weighted by molar-refractivity contribution is -0.120. The minimum atomic E-state index is -0.385. The quantitative estimate of drug-likeness (QED) is 0.511. The molecule has 0 atom stereocenters. The molecular weight excluding hydrogens is 352 g/mol. The van der Waals surface area contributed by atoms with Crippen LogP contribution in [0.3, 0.4) is 0 Å². The predicted octanol–water partition coefficient (Wildman–Crippen LogP) is 3.41. The Balaban J connectivity index is 1.59. The summed E-state index contributed by atoms with van der Waals surface area (Å²) in [5.41, 5.74) is 6.09. The zero-order valence-electron chi connectivity index (χ0n) is 16.3. The number of para-hydroxylation sites is 1. The molecule has 3 aromatic rings. The van der Waals surface area contributed by atoms with Gasteiger partial charge >= 0.3 is 0 Å². The molecule has 3 rings (SSSR count). The molecular formula is C22H24N4O2. The van der Waals surface area contributed by atoms with Crippen molar-refractivity contribution in [2.24, 2.45) is 5.10 Å². The molecule has 0 aliphatic heterocycles. The van der Waals surface area contributed by atoms with Crippen molar-refractivity contribution in [3.8, 4) is 0 Å². The van der Waals surface area contributed by atoms with Crippen molar-refractivity contribution in [1.82, 2.24) is 15.3 Å². The minimum absolute atomic E-state index is 0.141. The van der Waals surface area contributed by atoms with Crippen LogP contribution in [0, 0.1) is 6.92 Å². The van der Waals surface area contributed by atoms with Gasteiger partial charge in [-0.2, -0.15) is 5.10 Å². The van der Waals surface area contributed by atoms with Gasteiger partial charge in [0.05, 0.1) is 12.8 Å². The second kappa shape index (κ2) is 8.52. The average molecular weight is 376 g/mol. The van der Waals surface area contributed by atoms with Gasteiger partial charge in [-0.3, -0.25) is 9.59 Å². The van der Waals surface area contributed by atoms with Gasteiger partial charge < -0.3 is 9.88 Å².